The molecule has 4 nitrogen and oxygen atoms in total. The number of nitrogens with zero attached hydrogens (tertiary/aromatic N) is 3. The molecule has 0 aliphatic carbocycles. The van der Waals surface area contributed by atoms with Gasteiger partial charge in [-0.25, -0.2) is 14.8 Å². The molecule has 1 aromatic rings. The van der Waals surface area contributed by atoms with Crippen LogP contribution >= 0.6 is 0 Å². The Morgan fingerprint density at radius 3 is 2.80 bits per heavy atom. The van der Waals surface area contributed by atoms with Gasteiger partial charge in [0.2, 0.25) is 0 Å². The van der Waals surface area contributed by atoms with Crippen molar-refractivity contribution in [3.8, 4) is 0 Å². The molecule has 10 heavy (non-hydrogen) atoms. The topological polar surface area (TPSA) is 50.6 Å². The van der Waals surface area contributed by atoms with E-state index in [1.807, 2.05) is 13.8 Å². The van der Waals surface area contributed by atoms with Crippen LogP contribution in [0, 0.1) is 0 Å². The van der Waals surface area contributed by atoms with Crippen LogP contribution < -0.4 is 0 Å². The minimum Gasteiger partial charge on any atom is -0.245 e. The van der Waals surface area contributed by atoms with Crippen LogP contribution in [0.1, 0.15) is 25.7 Å². The zero-order valence-electron chi connectivity index (χ0n) is 6.11. The number of hydrogen-bond acceptors (Lipinski definition) is 2. The van der Waals surface area contributed by atoms with E-state index in [0.29, 0.717) is 5.82 Å². The summed E-state index contributed by atoms with van der Waals surface area (Å²) in [6.45, 7) is 3.64. The van der Waals surface area contributed by atoms with Gasteiger partial charge in [0.15, 0.2) is 5.82 Å². The lowest BCUT2D eigenvalue weighted by molar-refractivity contribution is 0.163. The quantitative estimate of drug-likeness (QED) is 0.609. The van der Waals surface area contributed by atoms with Gasteiger partial charge in [0.1, 0.15) is 12.9 Å². The maximum Gasteiger partial charge on any atom is 0.156 e. The lowest BCUT2D eigenvalue weighted by Crippen LogP contribution is -2.07. The maximum absolute atomic E-state index is 10.4. The van der Waals surface area contributed by atoms with Gasteiger partial charge in [-0.1, -0.05) is 0 Å². The smallest absolute Gasteiger partial charge is 0.156 e. The monoisotopic (exact) mass is 140 g/mol. The lowest BCUT2D eigenvalue weighted by atomic mass is 10.4. The number of aromatic nitrogens is 3. The third kappa shape index (κ3) is 1.16. The van der Waals surface area contributed by atoms with Gasteiger partial charge < -0.3 is 0 Å². The lowest BCUT2D eigenvalue weighted by Gasteiger charge is -2.05. The zero-order valence-corrected chi connectivity index (χ0v) is 6.11. The van der Waals surface area contributed by atoms with E-state index in [1.165, 1.54) is 6.33 Å². The van der Waals surface area contributed by atoms with E-state index >= 15 is 0 Å². The average Bonchev–Trinajstić information content (AvgIpc) is 2.33. The maximum atomic E-state index is 10.4. The molecule has 1 heterocycles. The summed E-state index contributed by atoms with van der Waals surface area (Å²) in [4.78, 5) is 3.80. The molecule has 0 N–H and O–H groups in total. The third-order valence-corrected chi connectivity index (χ3v) is 1.27. The zero-order chi connectivity index (χ0) is 7.56. The molecule has 0 atom stereocenters. The largest absolute Gasteiger partial charge is 0.245 e. The molecule has 55 valence electrons. The fourth-order valence-corrected chi connectivity index (χ4v) is 0.809. The molecule has 1 rings (SSSR count). The van der Waals surface area contributed by atoms with Gasteiger partial charge in [0, 0.05) is 6.04 Å². The van der Waals surface area contributed by atoms with Crippen molar-refractivity contribution in [1.82, 2.24) is 14.8 Å². The number of hydrogen-bond donors (Lipinski definition) is 0. The summed E-state index contributed by atoms with van der Waals surface area (Å²) in [6.07, 6.45) is 1.41. The fourth-order valence-electron chi connectivity index (χ4n) is 0.809. The van der Waals surface area contributed by atoms with Gasteiger partial charge in [0.05, 0.1) is 0 Å². The minimum atomic E-state index is -0.293. The summed E-state index contributed by atoms with van der Waals surface area (Å²) < 4.78 is 1.63. The fraction of sp³-hybridized carbons (Fsp3) is 0.667. The molecule has 0 aromatic carbocycles. The Labute approximate surface area is 59.5 Å². The van der Waals surface area contributed by atoms with Crippen molar-refractivity contribution in [3.63, 3.8) is 0 Å². The molecule has 0 aliphatic rings. The minimum absolute atomic E-state index is 0.228. The first kappa shape index (κ1) is 7.21. The first-order chi connectivity index (χ1) is 4.75. The Morgan fingerprint density at radius 1 is 1.70 bits per heavy atom. The van der Waals surface area contributed by atoms with E-state index < -0.39 is 0 Å². The normalized spacial score (nSPS) is 10.8. The third-order valence-electron chi connectivity index (χ3n) is 1.27. The van der Waals surface area contributed by atoms with Crippen LogP contribution in [-0.4, -0.2) is 14.8 Å². The molecule has 0 saturated heterocycles. The summed E-state index contributed by atoms with van der Waals surface area (Å²) >= 11 is 0. The molecule has 0 amide bonds. The van der Waals surface area contributed by atoms with E-state index in [9.17, 15) is 5.11 Å². The summed E-state index contributed by atoms with van der Waals surface area (Å²) in [5, 5.41) is 14.3. The number of rotatable bonds is 2. The van der Waals surface area contributed by atoms with Crippen molar-refractivity contribution in [3.05, 3.63) is 12.2 Å². The Hall–Kier alpha value is -0.900. The van der Waals surface area contributed by atoms with E-state index in [1.54, 1.807) is 4.68 Å². The molecule has 0 spiro atoms. The van der Waals surface area contributed by atoms with Gasteiger partial charge in [-0.2, -0.15) is 5.10 Å². The van der Waals surface area contributed by atoms with Crippen LogP contribution in [0.25, 0.3) is 0 Å². The second-order valence-electron chi connectivity index (χ2n) is 2.36. The van der Waals surface area contributed by atoms with Crippen molar-refractivity contribution >= 4 is 0 Å². The molecular weight excluding hydrogens is 130 g/mol. The van der Waals surface area contributed by atoms with Crippen LogP contribution in [-0.2, 0) is 11.7 Å². The molecule has 0 unspecified atom stereocenters. The molecule has 0 aliphatic heterocycles. The van der Waals surface area contributed by atoms with Crippen LogP contribution in [0.4, 0.5) is 0 Å². The Balaban J connectivity index is 2.90. The van der Waals surface area contributed by atoms with Crippen molar-refractivity contribution in [2.24, 2.45) is 0 Å². The molecular formula is C6H10N3O. The second kappa shape index (κ2) is 2.79. The van der Waals surface area contributed by atoms with Gasteiger partial charge in [-0.15, -0.1) is 0 Å². The highest BCUT2D eigenvalue weighted by molar-refractivity contribution is 4.82. The highest BCUT2D eigenvalue weighted by Gasteiger charge is 2.04. The first-order valence-electron chi connectivity index (χ1n) is 3.22. The predicted octanol–water partition coefficient (Wildman–Crippen LogP) is 0.789. The molecule has 0 fully saturated rings. The molecule has 4 heteroatoms. The van der Waals surface area contributed by atoms with E-state index in [4.69, 9.17) is 0 Å². The summed E-state index contributed by atoms with van der Waals surface area (Å²) in [6, 6.07) is 0.228. The second-order valence-corrected chi connectivity index (χ2v) is 2.36. The van der Waals surface area contributed by atoms with E-state index in [2.05, 4.69) is 10.1 Å². The average molecular weight is 140 g/mol. The van der Waals surface area contributed by atoms with Crippen LogP contribution in [0.3, 0.4) is 0 Å². The Morgan fingerprint density at radius 2 is 2.40 bits per heavy atom. The van der Waals surface area contributed by atoms with Crippen LogP contribution in [0.5, 0.6) is 0 Å². The van der Waals surface area contributed by atoms with Gasteiger partial charge in [0.25, 0.3) is 0 Å². The molecule has 1 radical (unpaired) electrons. The van der Waals surface area contributed by atoms with E-state index in [-0.39, 0.29) is 12.6 Å². The van der Waals surface area contributed by atoms with Gasteiger partial charge in [-0.05, 0) is 13.8 Å². The van der Waals surface area contributed by atoms with Crippen molar-refractivity contribution in [2.75, 3.05) is 0 Å². The highest BCUT2D eigenvalue weighted by atomic mass is 16.3. The van der Waals surface area contributed by atoms with Gasteiger partial charge >= 0.3 is 0 Å². The summed E-state index contributed by atoms with van der Waals surface area (Å²) in [7, 11) is 0. The Bertz CT molecular complexity index is 207. The molecule has 0 bridgehead atoms. The van der Waals surface area contributed by atoms with Crippen LogP contribution in [0.15, 0.2) is 6.33 Å². The highest BCUT2D eigenvalue weighted by Crippen LogP contribution is 2.03. The summed E-state index contributed by atoms with van der Waals surface area (Å²) in [5.41, 5.74) is 0. The van der Waals surface area contributed by atoms with Crippen molar-refractivity contribution < 1.29 is 5.11 Å². The first-order valence-corrected chi connectivity index (χ1v) is 3.22. The van der Waals surface area contributed by atoms with Crippen molar-refractivity contribution in [1.29, 1.82) is 0 Å². The molecule has 1 aromatic heterocycles. The predicted molar refractivity (Wildman–Crippen MR) is 34.8 cm³/mol. The Kier molecular flexibility index (Phi) is 2.01. The summed E-state index contributed by atoms with van der Waals surface area (Å²) in [5.74, 6) is 0.509. The SMILES string of the molecule is CC(C)n1ncnc1C[O]. The van der Waals surface area contributed by atoms with Crippen LogP contribution in [0.2, 0.25) is 0 Å². The molecule has 0 saturated carbocycles. The van der Waals surface area contributed by atoms with E-state index in [0.717, 1.165) is 0 Å². The van der Waals surface area contributed by atoms with Crippen molar-refractivity contribution in [2.45, 2.75) is 26.5 Å². The van der Waals surface area contributed by atoms with Gasteiger partial charge in [-0.3, -0.25) is 0 Å². The standard InChI is InChI=1S/C6H10N3O/c1-5(2)9-6(3-10)7-4-8-9/h4-5H,3H2,1-2H3.